The Kier molecular flexibility index (Phi) is 8.58. The molecule has 7 heteroatoms. The Morgan fingerprint density at radius 1 is 0.893 bits per heavy atom. The minimum Gasteiger partial charge on any atom is -0.457 e. The Labute approximate surface area is 165 Å². The lowest BCUT2D eigenvalue weighted by molar-refractivity contribution is -0.142. The van der Waals surface area contributed by atoms with Crippen LogP contribution in [0.25, 0.3) is 0 Å². The molecular weight excluding hydrogens is 379 g/mol. The van der Waals surface area contributed by atoms with Crippen LogP contribution in [0.4, 0.5) is 0 Å². The second-order valence-electron chi connectivity index (χ2n) is 5.98. The number of ketones is 1. The van der Waals surface area contributed by atoms with Crippen LogP contribution >= 0.6 is 7.60 Å². The molecule has 1 unspecified atom stereocenters. The molecule has 0 amide bonds. The standard InChI is InChI=1S/C21H25O6P/c1-3-26-28(24,27-4-2)20(15-17-11-7-5-8-12-17)21(23)25-16-19(22)18-13-9-6-10-14-18/h5-14,20H,3-4,15-16H2,1-2H3. The molecule has 0 aliphatic rings. The Morgan fingerprint density at radius 2 is 1.43 bits per heavy atom. The molecule has 0 radical (unpaired) electrons. The summed E-state index contributed by atoms with van der Waals surface area (Å²) in [6.07, 6.45) is 0.122. The maximum Gasteiger partial charge on any atom is 0.345 e. The van der Waals surface area contributed by atoms with Gasteiger partial charge in [-0.15, -0.1) is 0 Å². The van der Waals surface area contributed by atoms with E-state index in [-0.39, 0.29) is 25.4 Å². The van der Waals surface area contributed by atoms with Gasteiger partial charge in [-0.25, -0.2) is 0 Å². The zero-order chi connectivity index (χ0) is 20.4. The zero-order valence-corrected chi connectivity index (χ0v) is 17.0. The molecule has 1 atom stereocenters. The summed E-state index contributed by atoms with van der Waals surface area (Å²) in [5.74, 6) is -1.12. The van der Waals surface area contributed by atoms with Crippen LogP contribution in [0.15, 0.2) is 60.7 Å². The van der Waals surface area contributed by atoms with Gasteiger partial charge in [0.1, 0.15) is 0 Å². The highest BCUT2D eigenvalue weighted by Gasteiger charge is 2.42. The maximum atomic E-state index is 13.2. The highest BCUT2D eigenvalue weighted by Crippen LogP contribution is 2.54. The van der Waals surface area contributed by atoms with Crippen molar-refractivity contribution in [1.29, 1.82) is 0 Å². The van der Waals surface area contributed by atoms with Gasteiger partial charge in [0.15, 0.2) is 18.0 Å². The van der Waals surface area contributed by atoms with Crippen LogP contribution < -0.4 is 0 Å². The molecule has 28 heavy (non-hydrogen) atoms. The van der Waals surface area contributed by atoms with Gasteiger partial charge in [-0.05, 0) is 25.8 Å². The molecule has 0 fully saturated rings. The summed E-state index contributed by atoms with van der Waals surface area (Å²) in [4.78, 5) is 25.0. The summed E-state index contributed by atoms with van der Waals surface area (Å²) >= 11 is 0. The van der Waals surface area contributed by atoms with Crippen LogP contribution in [0, 0.1) is 0 Å². The van der Waals surface area contributed by atoms with E-state index < -0.39 is 25.8 Å². The lowest BCUT2D eigenvalue weighted by atomic mass is 10.1. The monoisotopic (exact) mass is 404 g/mol. The number of esters is 1. The van der Waals surface area contributed by atoms with E-state index in [1.807, 2.05) is 30.3 Å². The zero-order valence-electron chi connectivity index (χ0n) is 16.1. The second-order valence-corrected chi connectivity index (χ2v) is 8.20. The number of hydrogen-bond donors (Lipinski definition) is 0. The molecule has 2 rings (SSSR count). The molecule has 0 N–H and O–H groups in total. The lowest BCUT2D eigenvalue weighted by Gasteiger charge is -2.25. The summed E-state index contributed by atoms with van der Waals surface area (Å²) in [6.45, 7) is 3.16. The number of Topliss-reactive ketones (excluding diaryl/α,β-unsaturated/α-hetero) is 1. The third kappa shape index (κ3) is 6.13. The van der Waals surface area contributed by atoms with Crippen molar-refractivity contribution in [2.45, 2.75) is 25.9 Å². The first-order valence-electron chi connectivity index (χ1n) is 9.17. The molecule has 6 nitrogen and oxygen atoms in total. The first-order valence-corrected chi connectivity index (χ1v) is 10.8. The van der Waals surface area contributed by atoms with E-state index in [1.165, 1.54) is 0 Å². The second kappa shape index (κ2) is 10.9. The lowest BCUT2D eigenvalue weighted by Crippen LogP contribution is -2.29. The van der Waals surface area contributed by atoms with Gasteiger partial charge in [0.2, 0.25) is 0 Å². The molecule has 2 aromatic rings. The Hall–Kier alpha value is -2.27. The fourth-order valence-corrected chi connectivity index (χ4v) is 4.60. The average molecular weight is 404 g/mol. The van der Waals surface area contributed by atoms with E-state index in [0.717, 1.165) is 5.56 Å². The number of carbonyl (C=O) groups excluding carboxylic acids is 2. The minimum atomic E-state index is -3.77. The van der Waals surface area contributed by atoms with Crippen LogP contribution in [0.2, 0.25) is 0 Å². The fourth-order valence-electron chi connectivity index (χ4n) is 2.68. The summed E-state index contributed by atoms with van der Waals surface area (Å²) in [5, 5.41) is 0. The van der Waals surface area contributed by atoms with Gasteiger partial charge >= 0.3 is 13.6 Å². The quantitative estimate of drug-likeness (QED) is 0.316. The van der Waals surface area contributed by atoms with Crippen molar-refractivity contribution in [3.63, 3.8) is 0 Å². The molecule has 0 aliphatic carbocycles. The maximum absolute atomic E-state index is 13.2. The normalized spacial score (nSPS) is 12.4. The third-order valence-electron chi connectivity index (χ3n) is 3.99. The first kappa shape index (κ1) is 22.0. The summed E-state index contributed by atoms with van der Waals surface area (Å²) in [6, 6.07) is 17.7. The van der Waals surface area contributed by atoms with Gasteiger partial charge in [0.25, 0.3) is 0 Å². The predicted molar refractivity (Wildman–Crippen MR) is 107 cm³/mol. The van der Waals surface area contributed by atoms with Crippen LogP contribution in [0.3, 0.4) is 0 Å². The number of ether oxygens (including phenoxy) is 1. The van der Waals surface area contributed by atoms with Crippen LogP contribution in [0.5, 0.6) is 0 Å². The SMILES string of the molecule is CCOP(=O)(OCC)C(Cc1ccccc1)C(=O)OCC(=O)c1ccccc1. The summed E-state index contributed by atoms with van der Waals surface area (Å²) in [7, 11) is -3.77. The molecule has 150 valence electrons. The molecular formula is C21H25O6P. The van der Waals surface area contributed by atoms with Gasteiger partial charge in [-0.2, -0.15) is 0 Å². The molecule has 2 aromatic carbocycles. The number of hydrogen-bond acceptors (Lipinski definition) is 6. The van der Waals surface area contributed by atoms with Crippen molar-refractivity contribution < 1.29 is 27.9 Å². The highest BCUT2D eigenvalue weighted by molar-refractivity contribution is 7.55. The van der Waals surface area contributed by atoms with E-state index in [1.54, 1.807) is 44.2 Å². The van der Waals surface area contributed by atoms with Crippen molar-refractivity contribution in [2.24, 2.45) is 0 Å². The number of carbonyl (C=O) groups is 2. The molecule has 0 heterocycles. The molecule has 0 aromatic heterocycles. The first-order chi connectivity index (χ1) is 13.5. The minimum absolute atomic E-state index is 0.122. The van der Waals surface area contributed by atoms with Gasteiger partial charge in [0, 0.05) is 5.56 Å². The van der Waals surface area contributed by atoms with Gasteiger partial charge in [-0.3, -0.25) is 14.2 Å². The third-order valence-corrected chi connectivity index (χ3v) is 6.38. The summed E-state index contributed by atoms with van der Waals surface area (Å²) in [5.41, 5.74) is 0.0737. The molecule has 0 bridgehead atoms. The van der Waals surface area contributed by atoms with Gasteiger partial charge in [-0.1, -0.05) is 60.7 Å². The fraction of sp³-hybridized carbons (Fsp3) is 0.333. The van der Waals surface area contributed by atoms with Crippen molar-refractivity contribution in [1.82, 2.24) is 0 Å². The molecule has 0 spiro atoms. The van der Waals surface area contributed by atoms with E-state index in [2.05, 4.69) is 0 Å². The largest absolute Gasteiger partial charge is 0.457 e. The number of rotatable bonds is 11. The van der Waals surface area contributed by atoms with Crippen LogP contribution in [-0.4, -0.2) is 37.2 Å². The van der Waals surface area contributed by atoms with E-state index in [0.29, 0.717) is 5.56 Å². The van der Waals surface area contributed by atoms with Crippen molar-refractivity contribution in [3.8, 4) is 0 Å². The van der Waals surface area contributed by atoms with Gasteiger partial charge in [0.05, 0.1) is 13.2 Å². The Morgan fingerprint density at radius 3 is 1.96 bits per heavy atom. The molecule has 0 aliphatic heterocycles. The van der Waals surface area contributed by atoms with E-state index >= 15 is 0 Å². The average Bonchev–Trinajstić information content (AvgIpc) is 2.71. The Balaban J connectivity index is 2.18. The van der Waals surface area contributed by atoms with E-state index in [9.17, 15) is 14.2 Å². The molecule has 0 saturated heterocycles. The highest BCUT2D eigenvalue weighted by atomic mass is 31.2. The topological polar surface area (TPSA) is 78.9 Å². The predicted octanol–water partition coefficient (Wildman–Crippen LogP) is 4.29. The van der Waals surface area contributed by atoms with Crippen LogP contribution in [-0.2, 0) is 29.6 Å². The number of benzene rings is 2. The van der Waals surface area contributed by atoms with Crippen molar-refractivity contribution in [2.75, 3.05) is 19.8 Å². The van der Waals surface area contributed by atoms with Crippen LogP contribution in [0.1, 0.15) is 29.8 Å². The van der Waals surface area contributed by atoms with E-state index in [4.69, 9.17) is 13.8 Å². The Bertz CT molecular complexity index is 796. The molecule has 0 saturated carbocycles. The van der Waals surface area contributed by atoms with Gasteiger partial charge < -0.3 is 13.8 Å². The summed E-state index contributed by atoms with van der Waals surface area (Å²) < 4.78 is 29.2. The van der Waals surface area contributed by atoms with Crippen molar-refractivity contribution in [3.05, 3.63) is 71.8 Å². The van der Waals surface area contributed by atoms with Crippen molar-refractivity contribution >= 4 is 19.3 Å². The smallest absolute Gasteiger partial charge is 0.345 e.